The predicted octanol–water partition coefficient (Wildman–Crippen LogP) is 1.62. The van der Waals surface area contributed by atoms with Gasteiger partial charge in [-0.2, -0.15) is 5.26 Å². The van der Waals surface area contributed by atoms with Crippen molar-refractivity contribution < 1.29 is 4.11 Å². The number of hydrogen-bond donors (Lipinski definition) is 0. The van der Waals surface area contributed by atoms with E-state index in [2.05, 4.69) is 0 Å². The van der Waals surface area contributed by atoms with E-state index in [0.717, 1.165) is 11.3 Å². The third kappa shape index (κ3) is 0.787. The van der Waals surface area contributed by atoms with Crippen LogP contribution in [-0.2, 0) is 0 Å². The molecule has 0 aliphatic heterocycles. The first-order valence-electron chi connectivity index (χ1n) is 3.13. The minimum Gasteiger partial charge on any atom is -0.192 e. The normalized spacial score (nSPS) is 13.9. The van der Waals surface area contributed by atoms with Gasteiger partial charge in [0.15, 0.2) is 0 Å². The van der Waals surface area contributed by atoms with Crippen molar-refractivity contribution in [3.63, 3.8) is 0 Å². The predicted molar refractivity (Wildman–Crippen MR) is 29.0 cm³/mol. The van der Waals surface area contributed by atoms with Crippen LogP contribution in [0.2, 0.25) is 0 Å². The van der Waals surface area contributed by atoms with Crippen molar-refractivity contribution in [1.29, 1.82) is 5.26 Å². The van der Waals surface area contributed by atoms with E-state index in [1.807, 2.05) is 0 Å². The zero-order valence-electron chi connectivity index (χ0n) is 6.36. The second-order valence-electron chi connectivity index (χ2n) is 0.895. The van der Waals surface area contributed by atoms with Crippen LogP contribution in [0.5, 0.6) is 0 Å². The molecule has 0 aliphatic carbocycles. The molecule has 2 heteroatoms. The van der Waals surface area contributed by atoms with E-state index in [4.69, 9.17) is 9.37 Å². The van der Waals surface area contributed by atoms with Gasteiger partial charge >= 0.3 is 0 Å². The summed E-state index contributed by atoms with van der Waals surface area (Å²) in [5.74, 6) is 0. The summed E-state index contributed by atoms with van der Waals surface area (Å²) in [5.41, 5.74) is 0. The van der Waals surface area contributed by atoms with Crippen molar-refractivity contribution in [3.8, 4) is 6.07 Å². The van der Waals surface area contributed by atoms with Crippen LogP contribution >= 0.6 is 11.3 Å². The smallest absolute Gasteiger partial charge is 0.110 e. The Bertz CT molecular complexity index is 299. The maximum absolute atomic E-state index is 8.33. The van der Waals surface area contributed by atoms with Gasteiger partial charge in [0.2, 0.25) is 0 Å². The summed E-state index contributed by atoms with van der Waals surface area (Å²) >= 11 is 0.872. The molecule has 7 heavy (non-hydrogen) atoms. The molecule has 0 fully saturated rings. The molecular weight excluding hydrogens is 108 g/mol. The van der Waals surface area contributed by atoms with E-state index in [-0.39, 0.29) is 22.3 Å². The molecule has 0 spiro atoms. The molecule has 1 aromatic rings. The Morgan fingerprint density at radius 3 is 3.14 bits per heavy atom. The van der Waals surface area contributed by atoms with Crippen molar-refractivity contribution in [2.75, 3.05) is 0 Å². The molecule has 1 rings (SSSR count). The van der Waals surface area contributed by atoms with Crippen LogP contribution in [0.4, 0.5) is 0 Å². The Morgan fingerprint density at radius 1 is 2.00 bits per heavy atom. The highest BCUT2D eigenvalue weighted by Gasteiger charge is 1.82. The molecule has 0 amide bonds. The van der Waals surface area contributed by atoms with Crippen LogP contribution < -0.4 is 0 Å². The molecule has 0 aromatic carbocycles. The van der Waals surface area contributed by atoms with E-state index in [1.165, 1.54) is 0 Å². The molecule has 1 heterocycles. The maximum Gasteiger partial charge on any atom is 0.110 e. The van der Waals surface area contributed by atoms with E-state index in [9.17, 15) is 0 Å². The lowest BCUT2D eigenvalue weighted by Gasteiger charge is -1.62. The monoisotopic (exact) mass is 114 g/mol. The molecule has 0 N–H and O–H groups in total. The summed E-state index contributed by atoms with van der Waals surface area (Å²) in [6, 6.07) is 1.47. The van der Waals surface area contributed by atoms with Gasteiger partial charge in [-0.25, -0.2) is 0 Å². The lowest BCUT2D eigenvalue weighted by molar-refractivity contribution is 1.52. The largest absolute Gasteiger partial charge is 0.192 e. The van der Waals surface area contributed by atoms with Crippen LogP contribution in [0.1, 0.15) is 8.99 Å². The van der Waals surface area contributed by atoms with Gasteiger partial charge in [-0.15, -0.1) is 11.3 Å². The van der Waals surface area contributed by atoms with Crippen molar-refractivity contribution in [1.82, 2.24) is 0 Å². The van der Waals surface area contributed by atoms with Gasteiger partial charge < -0.3 is 0 Å². The summed E-state index contributed by atoms with van der Waals surface area (Å²) in [6.45, 7) is 0. The lowest BCUT2D eigenvalue weighted by Crippen LogP contribution is -1.50. The zero-order valence-corrected chi connectivity index (χ0v) is 4.17. The third-order valence-corrected chi connectivity index (χ3v) is 1.08. The number of thiophene rings is 1. The molecule has 1 nitrogen and oxygen atoms in total. The molecule has 0 radical (unpaired) electrons. The summed E-state index contributed by atoms with van der Waals surface area (Å²) in [4.78, 5) is 0.148. The Hall–Kier alpha value is -0.810. The molecule has 0 unspecified atom stereocenters. The van der Waals surface area contributed by atoms with Crippen LogP contribution in [-0.4, -0.2) is 0 Å². The van der Waals surface area contributed by atoms with Crippen LogP contribution in [0.25, 0.3) is 0 Å². The van der Waals surface area contributed by atoms with Gasteiger partial charge in [-0.05, 0) is 11.4 Å². The van der Waals surface area contributed by atoms with Crippen LogP contribution in [0.3, 0.4) is 0 Å². The van der Waals surface area contributed by atoms with E-state index in [0.29, 0.717) is 0 Å². The van der Waals surface area contributed by atoms with Crippen molar-refractivity contribution in [2.45, 2.75) is 0 Å². The average Bonchev–Trinajstić information content (AvgIpc) is 2.17. The van der Waals surface area contributed by atoms with E-state index >= 15 is 0 Å². The molecule has 0 saturated carbocycles. The topological polar surface area (TPSA) is 23.8 Å². The fourth-order valence-corrected chi connectivity index (χ4v) is 0.587. The highest BCUT2D eigenvalue weighted by Crippen LogP contribution is 2.04. The summed E-state index contributed by atoms with van der Waals surface area (Å²) in [5, 5.41) is 8.32. The van der Waals surface area contributed by atoms with Crippen LogP contribution in [0.15, 0.2) is 17.4 Å². The molecule has 0 aliphatic rings. The van der Waals surface area contributed by atoms with Gasteiger partial charge in [0.25, 0.3) is 0 Å². The number of nitriles is 1. The minimum absolute atomic E-state index is 0.0125. The number of nitrogens with zero attached hydrogens (tertiary/aromatic N) is 1. The highest BCUT2D eigenvalue weighted by atomic mass is 32.1. The first-order chi connectivity index (χ1) is 4.66. The third-order valence-electron chi connectivity index (χ3n) is 0.482. The van der Waals surface area contributed by atoms with Gasteiger partial charge in [-0.1, -0.05) is 6.04 Å². The summed E-state index contributed by atoms with van der Waals surface area (Å²) in [7, 11) is 0. The quantitative estimate of drug-likeness (QED) is 0.371. The first-order valence-corrected chi connectivity index (χ1v) is 2.45. The van der Waals surface area contributed by atoms with Gasteiger partial charge in [0, 0.05) is 0 Å². The Balaban J connectivity index is 3.34. The lowest BCUT2D eigenvalue weighted by atomic mass is 10.6. The van der Waals surface area contributed by atoms with Crippen molar-refractivity contribution in [2.24, 2.45) is 0 Å². The standard InChI is InChI=1S/C5H3NS/c6-4-5-2-1-3-7-5/h1-3H/i1D,2D,3D,4+1,6+1. The Kier molecular flexibility index (Phi) is 0.497. The van der Waals surface area contributed by atoms with E-state index in [1.54, 1.807) is 6.07 Å². The van der Waals surface area contributed by atoms with Crippen molar-refractivity contribution >= 4 is 11.3 Å². The number of rotatable bonds is 0. The molecular formula is C5H3NS. The second kappa shape index (κ2) is 1.76. The van der Waals surface area contributed by atoms with E-state index < -0.39 is 0 Å². The summed E-state index contributed by atoms with van der Waals surface area (Å²) in [6.07, 6.45) is 0. The summed E-state index contributed by atoms with van der Waals surface area (Å²) < 4.78 is 21.2. The molecule has 0 bridgehead atoms. The molecule has 34 valence electrons. The highest BCUT2D eigenvalue weighted by molar-refractivity contribution is 7.10. The molecule has 1 aromatic heterocycles. The minimum atomic E-state index is -0.151. The molecule has 0 saturated heterocycles. The Labute approximate surface area is 50.0 Å². The van der Waals surface area contributed by atoms with Gasteiger partial charge in [0.1, 0.15) is 10.9 Å². The average molecular weight is 114 g/mol. The first kappa shape index (κ1) is 1.97. The Morgan fingerprint density at radius 2 is 2.86 bits per heavy atom. The second-order valence-corrected chi connectivity index (χ2v) is 1.71. The van der Waals surface area contributed by atoms with Crippen LogP contribution in [0, 0.1) is 11.3 Å². The fraction of sp³-hybridized carbons (Fsp3) is 0. The SMILES string of the molecule is [2H]c1sc([13C]#[15N])c([2H])c1[2H]. The number of hydrogen-bond acceptors (Lipinski definition) is 2. The van der Waals surface area contributed by atoms with Crippen molar-refractivity contribution in [3.05, 3.63) is 22.3 Å². The zero-order chi connectivity index (χ0) is 7.72. The maximum atomic E-state index is 8.33. The van der Waals surface area contributed by atoms with Gasteiger partial charge in [-0.3, -0.25) is 0 Å². The van der Waals surface area contributed by atoms with Gasteiger partial charge in [0.05, 0.1) is 4.11 Å². The fourth-order valence-electron chi connectivity index (χ4n) is 0.235. The molecule has 0 atom stereocenters.